The highest BCUT2D eigenvalue weighted by Crippen LogP contribution is 2.57. The molecule has 2 unspecified atom stereocenters. The van der Waals surface area contributed by atoms with Crippen LogP contribution in [0.5, 0.6) is 5.75 Å². The fourth-order valence-electron chi connectivity index (χ4n) is 5.54. The monoisotopic (exact) mass is 534 g/mol. The molecule has 0 spiro atoms. The highest BCUT2D eigenvalue weighted by atomic mass is 19.4. The van der Waals surface area contributed by atoms with E-state index in [1.54, 1.807) is 26.1 Å². The minimum Gasteiger partial charge on any atom is -0.491 e. The molecule has 0 bridgehead atoms. The number of benzene rings is 1. The van der Waals surface area contributed by atoms with Crippen molar-refractivity contribution in [2.45, 2.75) is 45.5 Å². The van der Waals surface area contributed by atoms with E-state index in [-0.39, 0.29) is 28.2 Å². The number of ether oxygens (including phenoxy) is 1. The normalized spacial score (nSPS) is 21.5. The quantitative estimate of drug-likeness (QED) is 0.462. The second-order valence-corrected chi connectivity index (χ2v) is 10.9. The van der Waals surface area contributed by atoms with E-state index in [4.69, 9.17) is 4.74 Å². The van der Waals surface area contributed by atoms with E-state index < -0.39 is 35.6 Å². The first-order valence-electron chi connectivity index (χ1n) is 12.6. The van der Waals surface area contributed by atoms with E-state index in [0.717, 1.165) is 36.6 Å². The molecule has 1 saturated carbocycles. The molecule has 2 aromatic heterocycles. The molecular formula is C27H30F4N4O3. The van der Waals surface area contributed by atoms with Crippen LogP contribution in [-0.2, 0) is 17.5 Å². The van der Waals surface area contributed by atoms with Gasteiger partial charge in [-0.2, -0.15) is 13.2 Å². The lowest BCUT2D eigenvalue weighted by Crippen LogP contribution is -2.37. The summed E-state index contributed by atoms with van der Waals surface area (Å²) < 4.78 is 63.0. The number of alkyl halides is 3. The molecule has 1 aliphatic carbocycles. The summed E-state index contributed by atoms with van der Waals surface area (Å²) in [6.45, 7) is 5.60. The van der Waals surface area contributed by atoms with Gasteiger partial charge in [-0.1, -0.05) is 0 Å². The Morgan fingerprint density at radius 3 is 2.71 bits per heavy atom. The number of fused-ring (bicyclic) bond motifs is 2. The van der Waals surface area contributed by atoms with Crippen molar-refractivity contribution >= 4 is 11.4 Å². The molecule has 0 radical (unpaired) electrons. The lowest BCUT2D eigenvalue weighted by Gasteiger charge is -2.29. The van der Waals surface area contributed by atoms with Crippen molar-refractivity contribution in [3.63, 3.8) is 0 Å². The Morgan fingerprint density at radius 1 is 1.24 bits per heavy atom. The van der Waals surface area contributed by atoms with Gasteiger partial charge in [-0.3, -0.25) is 14.2 Å². The van der Waals surface area contributed by atoms with Crippen LogP contribution in [0.25, 0.3) is 16.8 Å². The Hall–Kier alpha value is -3.34. The number of likely N-dealkylation sites (tertiary alicyclic amines) is 1. The SMILES string of the molecule is CC(C)NC(=O)Cn1c(-c2ccc(F)c(C(F)(F)F)c2)cn2cc(OCC34CC3CCN(C)C4)cc2c1=O. The molecule has 3 aromatic rings. The van der Waals surface area contributed by atoms with Gasteiger partial charge < -0.3 is 19.4 Å². The summed E-state index contributed by atoms with van der Waals surface area (Å²) in [6.07, 6.45) is 0.367. The number of rotatable bonds is 7. The van der Waals surface area contributed by atoms with Crippen LogP contribution >= 0.6 is 0 Å². The van der Waals surface area contributed by atoms with Crippen molar-refractivity contribution in [2.75, 3.05) is 26.7 Å². The Kier molecular flexibility index (Phi) is 6.53. The van der Waals surface area contributed by atoms with E-state index >= 15 is 0 Å². The zero-order chi connectivity index (χ0) is 27.4. The molecule has 1 saturated heterocycles. The van der Waals surface area contributed by atoms with Gasteiger partial charge in [0.05, 0.1) is 24.1 Å². The Morgan fingerprint density at radius 2 is 2.00 bits per heavy atom. The summed E-state index contributed by atoms with van der Waals surface area (Å²) >= 11 is 0. The van der Waals surface area contributed by atoms with Gasteiger partial charge in [0.15, 0.2) is 0 Å². The van der Waals surface area contributed by atoms with Gasteiger partial charge in [-0.15, -0.1) is 0 Å². The molecule has 38 heavy (non-hydrogen) atoms. The number of nitrogens with one attached hydrogen (secondary N) is 1. The zero-order valence-corrected chi connectivity index (χ0v) is 21.4. The molecule has 1 amide bonds. The number of hydrogen-bond donors (Lipinski definition) is 1. The third-order valence-corrected chi connectivity index (χ3v) is 7.49. The van der Waals surface area contributed by atoms with Crippen molar-refractivity contribution in [1.29, 1.82) is 0 Å². The molecule has 1 aliphatic heterocycles. The average Bonchev–Trinajstić information content (AvgIpc) is 3.38. The standard InChI is InChI=1S/C27H30F4N4O3/c1-16(2)32-24(36)13-35-23(17-4-5-21(28)20(8-17)27(29,30)31)12-34-11-19(9-22(34)25(35)37)38-15-26-10-18(26)6-7-33(3)14-26/h4-5,8-9,11-12,16,18H,6-7,10,13-15H2,1-3H3,(H,32,36). The molecule has 1 aromatic carbocycles. The fraction of sp³-hybridized carbons (Fsp3) is 0.481. The Labute approximate surface area is 217 Å². The van der Waals surface area contributed by atoms with Gasteiger partial charge in [-0.25, -0.2) is 4.39 Å². The third kappa shape index (κ3) is 5.03. The summed E-state index contributed by atoms with van der Waals surface area (Å²) in [5.74, 6) is -0.813. The van der Waals surface area contributed by atoms with Crippen LogP contribution in [0.15, 0.2) is 41.5 Å². The number of amides is 1. The summed E-state index contributed by atoms with van der Waals surface area (Å²) in [4.78, 5) is 28.4. The maximum Gasteiger partial charge on any atom is 0.419 e. The molecule has 11 heteroatoms. The third-order valence-electron chi connectivity index (χ3n) is 7.49. The second kappa shape index (κ2) is 9.44. The van der Waals surface area contributed by atoms with E-state index in [0.29, 0.717) is 30.4 Å². The summed E-state index contributed by atoms with van der Waals surface area (Å²) in [6, 6.07) is 3.90. The minimum atomic E-state index is -4.92. The molecule has 3 heterocycles. The number of nitrogens with zero attached hydrogens (tertiary/aromatic N) is 3. The average molecular weight is 535 g/mol. The number of carbonyl (C=O) groups excluding carboxylic acids is 1. The van der Waals surface area contributed by atoms with Crippen LogP contribution in [0.3, 0.4) is 0 Å². The molecular weight excluding hydrogens is 504 g/mol. The van der Waals surface area contributed by atoms with Crippen molar-refractivity contribution < 1.29 is 27.1 Å². The van der Waals surface area contributed by atoms with E-state index in [1.807, 2.05) is 0 Å². The molecule has 1 N–H and O–H groups in total. The molecule has 2 aliphatic rings. The Bertz CT molecular complexity index is 1440. The smallest absolute Gasteiger partial charge is 0.419 e. The lowest BCUT2D eigenvalue weighted by molar-refractivity contribution is -0.140. The van der Waals surface area contributed by atoms with Crippen molar-refractivity contribution in [1.82, 2.24) is 19.2 Å². The maximum absolute atomic E-state index is 14.0. The number of carbonyl (C=O) groups is 1. The van der Waals surface area contributed by atoms with Crippen LogP contribution in [0.1, 0.15) is 32.3 Å². The number of aromatic nitrogens is 2. The highest BCUT2D eigenvalue weighted by Gasteiger charge is 2.56. The molecule has 2 fully saturated rings. The predicted molar refractivity (Wildman–Crippen MR) is 133 cm³/mol. The van der Waals surface area contributed by atoms with Crippen LogP contribution < -0.4 is 15.6 Å². The van der Waals surface area contributed by atoms with Gasteiger partial charge in [0, 0.05) is 35.8 Å². The first kappa shape index (κ1) is 26.3. The van der Waals surface area contributed by atoms with Gasteiger partial charge >= 0.3 is 6.18 Å². The van der Waals surface area contributed by atoms with Gasteiger partial charge in [-0.05, 0) is 64.4 Å². The van der Waals surface area contributed by atoms with Crippen LogP contribution in [-0.4, -0.2) is 52.6 Å². The summed E-state index contributed by atoms with van der Waals surface area (Å²) in [7, 11) is 2.09. The molecule has 5 rings (SSSR count). The van der Waals surface area contributed by atoms with Crippen molar-refractivity contribution in [3.8, 4) is 17.0 Å². The lowest BCUT2D eigenvalue weighted by atomic mass is 9.99. The van der Waals surface area contributed by atoms with Crippen LogP contribution in [0.4, 0.5) is 17.6 Å². The van der Waals surface area contributed by atoms with Crippen molar-refractivity contribution in [3.05, 3.63) is 58.4 Å². The predicted octanol–water partition coefficient (Wildman–Crippen LogP) is 4.17. The molecule has 7 nitrogen and oxygen atoms in total. The molecule has 2 atom stereocenters. The van der Waals surface area contributed by atoms with Gasteiger partial charge in [0.1, 0.15) is 23.6 Å². The van der Waals surface area contributed by atoms with Gasteiger partial charge in [0.25, 0.3) is 5.56 Å². The van der Waals surface area contributed by atoms with Gasteiger partial charge in [0.2, 0.25) is 5.91 Å². The largest absolute Gasteiger partial charge is 0.491 e. The highest BCUT2D eigenvalue weighted by molar-refractivity contribution is 5.77. The summed E-state index contributed by atoms with van der Waals surface area (Å²) in [5.41, 5.74) is -1.71. The summed E-state index contributed by atoms with van der Waals surface area (Å²) in [5, 5.41) is 2.69. The minimum absolute atomic E-state index is 0.0452. The second-order valence-electron chi connectivity index (χ2n) is 10.9. The Balaban J connectivity index is 1.54. The number of piperidine rings is 1. The number of hydrogen-bond acceptors (Lipinski definition) is 4. The van der Waals surface area contributed by atoms with E-state index in [1.165, 1.54) is 10.6 Å². The fourth-order valence-corrected chi connectivity index (χ4v) is 5.54. The topological polar surface area (TPSA) is 68.0 Å². The molecule has 204 valence electrons. The van der Waals surface area contributed by atoms with Crippen molar-refractivity contribution in [2.24, 2.45) is 11.3 Å². The first-order chi connectivity index (χ1) is 17.9. The zero-order valence-electron chi connectivity index (χ0n) is 21.4. The first-order valence-corrected chi connectivity index (χ1v) is 12.6. The maximum atomic E-state index is 14.0. The van der Waals surface area contributed by atoms with Crippen LogP contribution in [0, 0.1) is 17.2 Å². The van der Waals surface area contributed by atoms with Crippen LogP contribution in [0.2, 0.25) is 0 Å². The van der Waals surface area contributed by atoms with E-state index in [9.17, 15) is 27.2 Å². The number of halogens is 4. The van der Waals surface area contributed by atoms with E-state index in [2.05, 4.69) is 17.3 Å².